The molecule has 0 aliphatic heterocycles. The Hall–Kier alpha value is -0.500. The third kappa shape index (κ3) is 2.52. The Morgan fingerprint density at radius 3 is 2.67 bits per heavy atom. The average Bonchev–Trinajstić information content (AvgIpc) is 2.03. The van der Waals surface area contributed by atoms with Gasteiger partial charge in [0.15, 0.2) is 0 Å². The summed E-state index contributed by atoms with van der Waals surface area (Å²) in [6.07, 6.45) is 0. The maximum atomic E-state index is 5.49. The highest BCUT2D eigenvalue weighted by Gasteiger charge is 1.97. The van der Waals surface area contributed by atoms with Gasteiger partial charge in [0.2, 0.25) is 0 Å². The zero-order chi connectivity index (χ0) is 8.97. The van der Waals surface area contributed by atoms with E-state index in [1.807, 2.05) is 6.07 Å². The van der Waals surface area contributed by atoms with Crippen LogP contribution in [0, 0.1) is 13.8 Å². The van der Waals surface area contributed by atoms with E-state index in [0.29, 0.717) is 0 Å². The molecule has 1 rings (SSSR count). The summed E-state index contributed by atoms with van der Waals surface area (Å²) in [5, 5.41) is 0.875. The summed E-state index contributed by atoms with van der Waals surface area (Å²) in [5.74, 6) is 0.986. The van der Waals surface area contributed by atoms with E-state index in [-0.39, 0.29) is 0 Å². The topological polar surface area (TPSA) is 9.23 Å². The maximum Gasteiger partial charge on any atom is 0.122 e. The van der Waals surface area contributed by atoms with Gasteiger partial charge in [0.05, 0.1) is 6.61 Å². The molecule has 0 fully saturated rings. The van der Waals surface area contributed by atoms with Gasteiger partial charge >= 0.3 is 0 Å². The van der Waals surface area contributed by atoms with E-state index in [2.05, 4.69) is 41.9 Å². The van der Waals surface area contributed by atoms with Crippen LogP contribution in [0.3, 0.4) is 0 Å². The molecule has 1 aromatic carbocycles. The van der Waals surface area contributed by atoms with Crippen LogP contribution in [0.4, 0.5) is 0 Å². The van der Waals surface area contributed by atoms with Crippen molar-refractivity contribution in [1.29, 1.82) is 0 Å². The maximum absolute atomic E-state index is 5.49. The molecule has 0 aliphatic rings. The molecular formula is C10H13BrO. The van der Waals surface area contributed by atoms with Gasteiger partial charge < -0.3 is 4.74 Å². The second-order valence-electron chi connectivity index (χ2n) is 2.81. The number of hydrogen-bond acceptors (Lipinski definition) is 1. The van der Waals surface area contributed by atoms with Gasteiger partial charge in [-0.25, -0.2) is 0 Å². The van der Waals surface area contributed by atoms with Crippen LogP contribution in [0.2, 0.25) is 0 Å². The number of benzene rings is 1. The van der Waals surface area contributed by atoms with Crippen molar-refractivity contribution in [2.75, 3.05) is 11.9 Å². The molecule has 12 heavy (non-hydrogen) atoms. The summed E-state index contributed by atoms with van der Waals surface area (Å²) in [6, 6.07) is 6.22. The van der Waals surface area contributed by atoms with Crippen molar-refractivity contribution in [3.8, 4) is 5.75 Å². The third-order valence-electron chi connectivity index (χ3n) is 1.67. The minimum atomic E-state index is 0.726. The second kappa shape index (κ2) is 4.51. The smallest absolute Gasteiger partial charge is 0.122 e. The SMILES string of the molecule is Cc1ccc(OCCBr)c(C)c1. The van der Waals surface area contributed by atoms with Gasteiger partial charge in [-0.15, -0.1) is 0 Å². The standard InChI is InChI=1S/C10H13BrO/c1-8-3-4-10(9(2)7-8)12-6-5-11/h3-4,7H,5-6H2,1-2H3. The lowest BCUT2D eigenvalue weighted by Gasteiger charge is -2.07. The Balaban J connectivity index is 2.72. The number of ether oxygens (including phenoxy) is 1. The first kappa shape index (κ1) is 9.59. The van der Waals surface area contributed by atoms with Crippen molar-refractivity contribution in [3.63, 3.8) is 0 Å². The predicted octanol–water partition coefficient (Wildman–Crippen LogP) is 3.08. The lowest BCUT2D eigenvalue weighted by molar-refractivity contribution is 0.342. The molecule has 0 aromatic heterocycles. The molecule has 0 spiro atoms. The first-order chi connectivity index (χ1) is 5.74. The molecular weight excluding hydrogens is 216 g/mol. The number of rotatable bonds is 3. The minimum Gasteiger partial charge on any atom is -0.492 e. The quantitative estimate of drug-likeness (QED) is 0.723. The molecule has 1 aromatic rings. The van der Waals surface area contributed by atoms with Gasteiger partial charge in [-0.05, 0) is 25.5 Å². The summed E-state index contributed by atoms with van der Waals surface area (Å²) >= 11 is 3.32. The Labute approximate surface area is 81.9 Å². The molecule has 0 atom stereocenters. The van der Waals surface area contributed by atoms with Gasteiger partial charge in [-0.3, -0.25) is 0 Å². The highest BCUT2D eigenvalue weighted by molar-refractivity contribution is 9.09. The lowest BCUT2D eigenvalue weighted by atomic mass is 10.1. The highest BCUT2D eigenvalue weighted by atomic mass is 79.9. The van der Waals surface area contributed by atoms with Gasteiger partial charge in [0.1, 0.15) is 5.75 Å². The summed E-state index contributed by atoms with van der Waals surface area (Å²) in [4.78, 5) is 0. The summed E-state index contributed by atoms with van der Waals surface area (Å²) < 4.78 is 5.49. The summed E-state index contributed by atoms with van der Waals surface area (Å²) in [7, 11) is 0. The fourth-order valence-corrected chi connectivity index (χ4v) is 1.27. The molecule has 66 valence electrons. The van der Waals surface area contributed by atoms with Gasteiger partial charge in [0.25, 0.3) is 0 Å². The van der Waals surface area contributed by atoms with E-state index in [4.69, 9.17) is 4.74 Å². The van der Waals surface area contributed by atoms with Crippen molar-refractivity contribution in [1.82, 2.24) is 0 Å². The monoisotopic (exact) mass is 228 g/mol. The van der Waals surface area contributed by atoms with E-state index in [1.54, 1.807) is 0 Å². The number of aryl methyl sites for hydroxylation is 2. The summed E-state index contributed by atoms with van der Waals surface area (Å²) in [5.41, 5.74) is 2.48. The molecule has 0 bridgehead atoms. The van der Waals surface area contributed by atoms with E-state index < -0.39 is 0 Å². The molecule has 0 saturated heterocycles. The Kier molecular flexibility index (Phi) is 3.60. The van der Waals surface area contributed by atoms with Crippen LogP contribution in [0.5, 0.6) is 5.75 Å². The predicted molar refractivity (Wildman–Crippen MR) is 55.2 cm³/mol. The lowest BCUT2D eigenvalue weighted by Crippen LogP contribution is -1.99. The van der Waals surface area contributed by atoms with Crippen molar-refractivity contribution in [2.45, 2.75) is 13.8 Å². The van der Waals surface area contributed by atoms with Crippen LogP contribution < -0.4 is 4.74 Å². The van der Waals surface area contributed by atoms with Gasteiger partial charge in [-0.1, -0.05) is 33.6 Å². The molecule has 0 amide bonds. The molecule has 1 nitrogen and oxygen atoms in total. The van der Waals surface area contributed by atoms with Crippen molar-refractivity contribution >= 4 is 15.9 Å². The third-order valence-corrected chi connectivity index (χ3v) is 1.99. The van der Waals surface area contributed by atoms with Crippen LogP contribution in [-0.4, -0.2) is 11.9 Å². The second-order valence-corrected chi connectivity index (χ2v) is 3.60. The van der Waals surface area contributed by atoms with E-state index in [9.17, 15) is 0 Å². The van der Waals surface area contributed by atoms with E-state index >= 15 is 0 Å². The first-order valence-electron chi connectivity index (χ1n) is 4.00. The van der Waals surface area contributed by atoms with Gasteiger partial charge in [0, 0.05) is 5.33 Å². The van der Waals surface area contributed by atoms with Crippen LogP contribution in [0.15, 0.2) is 18.2 Å². The number of hydrogen-bond donors (Lipinski definition) is 0. The summed E-state index contributed by atoms with van der Waals surface area (Å²) in [6.45, 7) is 4.88. The van der Waals surface area contributed by atoms with Crippen molar-refractivity contribution in [2.24, 2.45) is 0 Å². The van der Waals surface area contributed by atoms with Crippen molar-refractivity contribution in [3.05, 3.63) is 29.3 Å². The zero-order valence-electron chi connectivity index (χ0n) is 7.43. The molecule has 0 aliphatic carbocycles. The van der Waals surface area contributed by atoms with Gasteiger partial charge in [-0.2, -0.15) is 0 Å². The number of halogens is 1. The van der Waals surface area contributed by atoms with Crippen LogP contribution in [0.25, 0.3) is 0 Å². The fraction of sp³-hybridized carbons (Fsp3) is 0.400. The zero-order valence-corrected chi connectivity index (χ0v) is 9.02. The largest absolute Gasteiger partial charge is 0.492 e. The molecule has 0 unspecified atom stereocenters. The fourth-order valence-electron chi connectivity index (χ4n) is 1.11. The van der Waals surface area contributed by atoms with E-state index in [0.717, 1.165) is 17.7 Å². The normalized spacial score (nSPS) is 9.92. The van der Waals surface area contributed by atoms with Crippen molar-refractivity contribution < 1.29 is 4.74 Å². The van der Waals surface area contributed by atoms with Crippen LogP contribution in [-0.2, 0) is 0 Å². The average molecular weight is 229 g/mol. The highest BCUT2D eigenvalue weighted by Crippen LogP contribution is 2.18. The van der Waals surface area contributed by atoms with Crippen LogP contribution in [0.1, 0.15) is 11.1 Å². The minimum absolute atomic E-state index is 0.726. The molecule has 0 radical (unpaired) electrons. The van der Waals surface area contributed by atoms with E-state index in [1.165, 1.54) is 11.1 Å². The Morgan fingerprint density at radius 1 is 1.33 bits per heavy atom. The first-order valence-corrected chi connectivity index (χ1v) is 5.12. The molecule has 2 heteroatoms. The molecule has 0 N–H and O–H groups in total. The Bertz CT molecular complexity index is 258. The molecule has 0 saturated carbocycles. The number of alkyl halides is 1. The van der Waals surface area contributed by atoms with Crippen LogP contribution >= 0.6 is 15.9 Å². The Morgan fingerprint density at radius 2 is 2.08 bits per heavy atom. The molecule has 0 heterocycles.